The molecule has 2 atom stereocenters. The average Bonchev–Trinajstić information content (AvgIpc) is 3.41. The van der Waals surface area contributed by atoms with Crippen molar-refractivity contribution in [1.29, 1.82) is 0 Å². The molecule has 0 fully saturated rings. The largest absolute Gasteiger partial charge is 1.00 e. The molecule has 0 saturated carbocycles. The summed E-state index contributed by atoms with van der Waals surface area (Å²) >= 11 is -1.60. The van der Waals surface area contributed by atoms with Gasteiger partial charge in [-0.05, 0) is 0 Å². The molecule has 38 heavy (non-hydrogen) atoms. The van der Waals surface area contributed by atoms with Crippen molar-refractivity contribution in [3.05, 3.63) is 130 Å². The van der Waals surface area contributed by atoms with E-state index >= 15 is 0 Å². The van der Waals surface area contributed by atoms with Crippen molar-refractivity contribution in [3.8, 4) is 22.3 Å². The SMILES string of the molecule is CC1=Cc2c(-c3ccccc3)cccc2[CH]1[Ti+2]([CH]1C(C)=Cc2c(-c3ccccc3)cccc21)[SiH](C)C.[Cl-].[Cl-]. The fourth-order valence-corrected chi connectivity index (χ4v) is 22.1. The minimum absolute atomic E-state index is 0. The van der Waals surface area contributed by atoms with E-state index in [9.17, 15) is 0 Å². The van der Waals surface area contributed by atoms with E-state index in [1.54, 1.807) is 22.3 Å². The second kappa shape index (κ2) is 11.9. The number of fused-ring (bicyclic) bond motifs is 2. The van der Waals surface area contributed by atoms with Gasteiger partial charge in [0, 0.05) is 0 Å². The third-order valence-electron chi connectivity index (χ3n) is 8.06. The van der Waals surface area contributed by atoms with E-state index in [-0.39, 0.29) is 24.8 Å². The summed E-state index contributed by atoms with van der Waals surface area (Å²) in [6.07, 6.45) is 5.06. The molecule has 0 aliphatic heterocycles. The van der Waals surface area contributed by atoms with E-state index < -0.39 is 23.8 Å². The first-order valence-electron chi connectivity index (χ1n) is 13.1. The number of halogens is 2. The Morgan fingerprint density at radius 3 is 1.29 bits per heavy atom. The Labute approximate surface area is 247 Å². The Kier molecular flexibility index (Phi) is 9.07. The van der Waals surface area contributed by atoms with Crippen LogP contribution in [-0.4, -0.2) is 6.66 Å². The zero-order valence-corrected chi connectivity index (χ0v) is 26.6. The van der Waals surface area contributed by atoms with Gasteiger partial charge in [0.1, 0.15) is 0 Å². The number of allylic oxidation sites excluding steroid dienone is 2. The van der Waals surface area contributed by atoms with Crippen LogP contribution in [-0.2, 0) is 17.1 Å². The molecule has 2 aliphatic carbocycles. The van der Waals surface area contributed by atoms with Crippen LogP contribution in [0, 0.1) is 0 Å². The first-order chi connectivity index (χ1) is 17.5. The fourth-order valence-electron chi connectivity index (χ4n) is 6.56. The van der Waals surface area contributed by atoms with Crippen LogP contribution in [0.5, 0.6) is 0 Å². The third-order valence-corrected chi connectivity index (χ3v) is 22.9. The molecule has 0 saturated heterocycles. The second-order valence-corrected chi connectivity index (χ2v) is 24.5. The molecule has 6 rings (SSSR count). The predicted molar refractivity (Wildman–Crippen MR) is 155 cm³/mol. The summed E-state index contributed by atoms with van der Waals surface area (Å²) < 4.78 is 1.30. The normalized spacial score (nSPS) is 17.1. The molecule has 0 spiro atoms. The molecule has 0 aromatic heterocycles. The van der Waals surface area contributed by atoms with Crippen LogP contribution in [0.4, 0.5) is 0 Å². The van der Waals surface area contributed by atoms with Crippen molar-refractivity contribution < 1.29 is 41.9 Å². The van der Waals surface area contributed by atoms with Gasteiger partial charge in [-0.3, -0.25) is 0 Å². The monoisotopic (exact) mass is 587 g/mol. The van der Waals surface area contributed by atoms with Crippen molar-refractivity contribution in [2.24, 2.45) is 0 Å². The zero-order valence-electron chi connectivity index (χ0n) is 22.4. The van der Waals surface area contributed by atoms with Gasteiger partial charge in [0.05, 0.1) is 0 Å². The van der Waals surface area contributed by atoms with Gasteiger partial charge in [-0.15, -0.1) is 0 Å². The molecule has 2 aliphatic rings. The molecule has 0 bridgehead atoms. The minimum atomic E-state index is -1.60. The van der Waals surface area contributed by atoms with Gasteiger partial charge >= 0.3 is 224 Å². The van der Waals surface area contributed by atoms with E-state index in [4.69, 9.17) is 0 Å². The predicted octanol–water partition coefficient (Wildman–Crippen LogP) is 3.25. The second-order valence-electron chi connectivity index (χ2n) is 10.6. The molecule has 191 valence electrons. The van der Waals surface area contributed by atoms with Gasteiger partial charge in [-0.25, -0.2) is 0 Å². The maximum Gasteiger partial charge on any atom is -1.00 e. The van der Waals surface area contributed by atoms with E-state index in [0.29, 0.717) is 8.45 Å². The summed E-state index contributed by atoms with van der Waals surface area (Å²) in [4.78, 5) is 0. The summed E-state index contributed by atoms with van der Waals surface area (Å²) in [5.74, 6) is 0. The Bertz CT molecular complexity index is 1380. The topological polar surface area (TPSA) is 0 Å². The summed E-state index contributed by atoms with van der Waals surface area (Å²) in [6.45, 7) is 9.22. The molecule has 0 heterocycles. The molecular weight excluding hydrogens is 555 g/mol. The third kappa shape index (κ3) is 4.96. The van der Waals surface area contributed by atoms with Gasteiger partial charge < -0.3 is 24.8 Å². The van der Waals surface area contributed by atoms with Crippen LogP contribution in [0.25, 0.3) is 34.4 Å². The van der Waals surface area contributed by atoms with Gasteiger partial charge in [-0.2, -0.15) is 0 Å². The minimum Gasteiger partial charge on any atom is -1.00 e. The summed E-state index contributed by atoms with van der Waals surface area (Å²) in [7, 11) is 0. The van der Waals surface area contributed by atoms with Gasteiger partial charge in [0.25, 0.3) is 0 Å². The number of rotatable bonds is 5. The van der Waals surface area contributed by atoms with E-state index in [2.05, 4.69) is 136 Å². The van der Waals surface area contributed by atoms with Crippen LogP contribution < -0.4 is 24.8 Å². The van der Waals surface area contributed by atoms with E-state index in [0.717, 1.165) is 0 Å². The van der Waals surface area contributed by atoms with Crippen molar-refractivity contribution in [2.45, 2.75) is 35.4 Å². The molecule has 4 aromatic rings. The molecule has 0 N–H and O–H groups in total. The van der Waals surface area contributed by atoms with Crippen molar-refractivity contribution in [2.75, 3.05) is 0 Å². The molecular formula is C34H33Cl2SiTi. The number of benzene rings is 4. The summed E-state index contributed by atoms with van der Waals surface area (Å²) in [5, 5.41) is 0. The van der Waals surface area contributed by atoms with Crippen LogP contribution in [0.15, 0.2) is 108 Å². The molecule has 4 aromatic carbocycles. The van der Waals surface area contributed by atoms with Crippen LogP contribution >= 0.6 is 0 Å². The Morgan fingerprint density at radius 2 is 0.921 bits per heavy atom. The van der Waals surface area contributed by atoms with E-state index in [1.807, 2.05) is 0 Å². The maximum atomic E-state index is 2.63. The average molecular weight is 588 g/mol. The number of hydrogen-bond donors (Lipinski definition) is 0. The molecule has 0 radical (unpaired) electrons. The molecule has 0 nitrogen and oxygen atoms in total. The summed E-state index contributed by atoms with van der Waals surface area (Å²) in [5.41, 5.74) is 14.8. The van der Waals surface area contributed by atoms with Crippen molar-refractivity contribution in [1.82, 2.24) is 0 Å². The van der Waals surface area contributed by atoms with Gasteiger partial charge in [0.2, 0.25) is 0 Å². The quantitative estimate of drug-likeness (QED) is 0.315. The summed E-state index contributed by atoms with van der Waals surface area (Å²) in [6, 6.07) is 36.0. The standard InChI is InChI=1S/2C16H13.C2H7Si.2ClH.Ti/c2*1-12-10-14-8-5-9-15(16(14)11-12)13-6-3-2-4-7-13;1-3-2;;;/h2*2-11H,1H3;3H,1-2H3;2*1H;/q;;;;;+2/p-2. The first kappa shape index (κ1) is 28.9. The van der Waals surface area contributed by atoms with Gasteiger partial charge in [0.15, 0.2) is 0 Å². The van der Waals surface area contributed by atoms with Crippen LogP contribution in [0.2, 0.25) is 13.1 Å². The molecule has 0 amide bonds. The number of hydrogen-bond acceptors (Lipinski definition) is 0. The zero-order chi connectivity index (χ0) is 24.8. The maximum absolute atomic E-state index is 2.63. The molecule has 2 unspecified atom stereocenters. The fraction of sp³-hybridized carbons (Fsp3) is 0.176. The van der Waals surface area contributed by atoms with Gasteiger partial charge in [-0.1, -0.05) is 0 Å². The molecule has 4 heteroatoms. The Morgan fingerprint density at radius 1 is 0.526 bits per heavy atom. The van der Waals surface area contributed by atoms with E-state index in [1.165, 1.54) is 33.4 Å². The Balaban J connectivity index is 0.00000168. The Hall–Kier alpha value is -2.13. The first-order valence-corrected chi connectivity index (χ1v) is 20.5. The smallest absolute Gasteiger partial charge is 1.00 e. The van der Waals surface area contributed by atoms with Crippen molar-refractivity contribution in [3.63, 3.8) is 0 Å². The van der Waals surface area contributed by atoms with Crippen molar-refractivity contribution >= 4 is 18.8 Å². The van der Waals surface area contributed by atoms with Crippen LogP contribution in [0.1, 0.15) is 44.5 Å². The van der Waals surface area contributed by atoms with Crippen LogP contribution in [0.3, 0.4) is 0 Å².